The molecule has 146 valence electrons. The fourth-order valence-corrected chi connectivity index (χ4v) is 3.55. The van der Waals surface area contributed by atoms with Gasteiger partial charge in [-0.15, -0.1) is 0 Å². The molecule has 0 spiro atoms. The molecular weight excluding hydrogens is 318 g/mol. The Kier molecular flexibility index (Phi) is 15.6. The molecule has 0 aromatic carbocycles. The first kappa shape index (κ1) is 24.2. The zero-order valence-electron chi connectivity index (χ0n) is 16.8. The fraction of sp³-hybridized carbons (Fsp3) is 1.00. The molecule has 1 aliphatic rings. The van der Waals surface area contributed by atoms with Crippen LogP contribution < -0.4 is 12.4 Å². The maximum Gasteiger partial charge on any atom is 0.130 e. The van der Waals surface area contributed by atoms with Crippen molar-refractivity contribution in [1.29, 1.82) is 0 Å². The maximum atomic E-state index is 5.35. The summed E-state index contributed by atoms with van der Waals surface area (Å²) in [5.74, 6) is 0. The van der Waals surface area contributed by atoms with Crippen LogP contribution in [0.3, 0.4) is 0 Å². The first-order valence-electron chi connectivity index (χ1n) is 10.6. The van der Waals surface area contributed by atoms with E-state index in [1.165, 1.54) is 103 Å². The van der Waals surface area contributed by atoms with Gasteiger partial charge in [0.05, 0.1) is 27.2 Å². The van der Waals surface area contributed by atoms with Crippen molar-refractivity contribution in [1.82, 2.24) is 0 Å². The zero-order chi connectivity index (χ0) is 16.8. The van der Waals surface area contributed by atoms with E-state index >= 15 is 0 Å². The van der Waals surface area contributed by atoms with Crippen molar-refractivity contribution in [2.24, 2.45) is 0 Å². The van der Waals surface area contributed by atoms with Crippen LogP contribution in [-0.4, -0.2) is 44.4 Å². The van der Waals surface area contributed by atoms with Crippen LogP contribution >= 0.6 is 0 Å². The van der Waals surface area contributed by atoms with E-state index in [0.29, 0.717) is 6.10 Å². The lowest BCUT2D eigenvalue weighted by molar-refractivity contribution is -0.891. The van der Waals surface area contributed by atoms with E-state index in [1.807, 2.05) is 0 Å². The smallest absolute Gasteiger partial charge is 0.130 e. The number of rotatable bonds is 17. The van der Waals surface area contributed by atoms with Gasteiger partial charge in [-0.3, -0.25) is 0 Å². The summed E-state index contributed by atoms with van der Waals surface area (Å²) in [5.41, 5.74) is 0. The summed E-state index contributed by atoms with van der Waals surface area (Å²) in [6.45, 7) is 5.82. The normalized spacial score (nSPS) is 16.9. The third-order valence-corrected chi connectivity index (χ3v) is 5.22. The molecule has 1 rings (SSSR count). The van der Waals surface area contributed by atoms with Crippen molar-refractivity contribution in [3.63, 3.8) is 0 Å². The van der Waals surface area contributed by atoms with Crippen molar-refractivity contribution in [3.05, 3.63) is 0 Å². The van der Waals surface area contributed by atoms with Crippen LogP contribution in [0.1, 0.15) is 96.8 Å². The monoisotopic (exact) mass is 361 g/mol. The highest BCUT2D eigenvalue weighted by Gasteiger charge is 2.30. The van der Waals surface area contributed by atoms with Gasteiger partial charge in [0.1, 0.15) is 12.6 Å². The number of nitrogens with zero attached hydrogens (tertiary/aromatic N) is 1. The molecule has 1 aliphatic heterocycles. The number of ether oxygens (including phenoxy) is 1. The van der Waals surface area contributed by atoms with Crippen LogP contribution in [0.4, 0.5) is 0 Å². The Morgan fingerprint density at radius 1 is 0.708 bits per heavy atom. The molecule has 1 heterocycles. The number of quaternary nitrogens is 1. The van der Waals surface area contributed by atoms with Crippen LogP contribution in [0.5, 0.6) is 0 Å². The van der Waals surface area contributed by atoms with Crippen LogP contribution in [0.15, 0.2) is 0 Å². The molecule has 0 aliphatic carbocycles. The van der Waals surface area contributed by atoms with Crippen molar-refractivity contribution in [2.75, 3.05) is 33.8 Å². The number of hydrogen-bond acceptors (Lipinski definition) is 1. The second-order valence-corrected chi connectivity index (χ2v) is 8.39. The third-order valence-electron chi connectivity index (χ3n) is 5.22. The fourth-order valence-electron chi connectivity index (χ4n) is 3.55. The van der Waals surface area contributed by atoms with E-state index < -0.39 is 0 Å². The molecule has 3 heteroatoms. The van der Waals surface area contributed by atoms with Gasteiger partial charge in [-0.05, 0) is 12.8 Å². The molecule has 1 unspecified atom stereocenters. The van der Waals surface area contributed by atoms with Gasteiger partial charge in [-0.2, -0.15) is 0 Å². The third kappa shape index (κ3) is 15.7. The van der Waals surface area contributed by atoms with Gasteiger partial charge < -0.3 is 21.6 Å². The quantitative estimate of drug-likeness (QED) is 0.220. The van der Waals surface area contributed by atoms with E-state index in [2.05, 4.69) is 21.0 Å². The largest absolute Gasteiger partial charge is 1.00 e. The van der Waals surface area contributed by atoms with Crippen molar-refractivity contribution in [2.45, 2.75) is 103 Å². The summed E-state index contributed by atoms with van der Waals surface area (Å²) in [7, 11) is 4.70. The minimum absolute atomic E-state index is 0. The highest BCUT2D eigenvalue weighted by atomic mass is 35.5. The minimum Gasteiger partial charge on any atom is -1.00 e. The molecule has 0 N–H and O–H groups in total. The highest BCUT2D eigenvalue weighted by Crippen LogP contribution is 2.16. The minimum atomic E-state index is 0. The Morgan fingerprint density at radius 2 is 1.08 bits per heavy atom. The second kappa shape index (κ2) is 15.5. The van der Waals surface area contributed by atoms with Gasteiger partial charge in [0, 0.05) is 0 Å². The molecule has 1 fully saturated rings. The summed E-state index contributed by atoms with van der Waals surface area (Å²) in [6.07, 6.45) is 20.8. The summed E-state index contributed by atoms with van der Waals surface area (Å²) in [4.78, 5) is 0. The lowest BCUT2D eigenvalue weighted by Crippen LogP contribution is -3.00. The molecule has 0 aromatic heterocycles. The molecule has 2 nitrogen and oxygen atoms in total. The molecule has 0 radical (unpaired) electrons. The van der Waals surface area contributed by atoms with Crippen molar-refractivity contribution >= 4 is 0 Å². The Bertz CT molecular complexity index is 267. The number of halogens is 1. The van der Waals surface area contributed by atoms with Gasteiger partial charge >= 0.3 is 0 Å². The zero-order valence-corrected chi connectivity index (χ0v) is 17.6. The van der Waals surface area contributed by atoms with E-state index in [9.17, 15) is 0 Å². The second-order valence-electron chi connectivity index (χ2n) is 8.39. The summed E-state index contributed by atoms with van der Waals surface area (Å²) in [5, 5.41) is 0. The Labute approximate surface area is 158 Å². The predicted molar refractivity (Wildman–Crippen MR) is 102 cm³/mol. The molecule has 0 saturated carbocycles. The Balaban J connectivity index is 0.00000529. The Hall–Kier alpha value is 0.210. The van der Waals surface area contributed by atoms with Crippen molar-refractivity contribution < 1.29 is 21.6 Å². The molecule has 1 saturated heterocycles. The van der Waals surface area contributed by atoms with E-state index in [-0.39, 0.29) is 12.4 Å². The number of unbranched alkanes of at least 4 members (excludes halogenated alkanes) is 13. The number of likely N-dealkylation sites (N-methyl/N-ethyl adjacent to an activating group) is 1. The Morgan fingerprint density at radius 3 is 1.46 bits per heavy atom. The lowest BCUT2D eigenvalue weighted by Gasteiger charge is -2.29. The average molecular weight is 362 g/mol. The van der Waals surface area contributed by atoms with Crippen LogP contribution in [0.2, 0.25) is 0 Å². The number of epoxide rings is 1. The van der Waals surface area contributed by atoms with Gasteiger partial charge in [-0.25, -0.2) is 0 Å². The first-order valence-corrected chi connectivity index (χ1v) is 10.6. The molecular formula is C21H44ClNO. The average Bonchev–Trinajstić information content (AvgIpc) is 3.30. The lowest BCUT2D eigenvalue weighted by atomic mass is 10.0. The predicted octanol–water partition coefficient (Wildman–Crippen LogP) is 2.95. The molecule has 24 heavy (non-hydrogen) atoms. The molecule has 1 atom stereocenters. The van der Waals surface area contributed by atoms with Crippen LogP contribution in [-0.2, 0) is 4.74 Å². The molecule has 0 bridgehead atoms. The first-order chi connectivity index (χ1) is 11.1. The van der Waals surface area contributed by atoms with Gasteiger partial charge in [-0.1, -0.05) is 84.0 Å². The van der Waals surface area contributed by atoms with E-state index in [0.717, 1.165) is 11.1 Å². The molecule has 0 aromatic rings. The van der Waals surface area contributed by atoms with Crippen molar-refractivity contribution in [3.8, 4) is 0 Å². The summed E-state index contributed by atoms with van der Waals surface area (Å²) >= 11 is 0. The summed E-state index contributed by atoms with van der Waals surface area (Å²) < 4.78 is 6.49. The molecule has 0 amide bonds. The SMILES string of the molecule is CCCCCCCCCCCCCCCC[N+](C)(C)CC1CO1.[Cl-]. The van der Waals surface area contributed by atoms with E-state index in [1.54, 1.807) is 0 Å². The standard InChI is InChI=1S/C21H44NO.ClH/c1-4-5-6-7-8-9-10-11-12-13-14-15-16-17-18-22(2,3)19-21-20-23-21;/h21H,4-20H2,1-3H3;1H/q+1;/p-1. The summed E-state index contributed by atoms with van der Waals surface area (Å²) in [6, 6.07) is 0. The topological polar surface area (TPSA) is 12.5 Å². The van der Waals surface area contributed by atoms with Gasteiger partial charge in [0.15, 0.2) is 0 Å². The van der Waals surface area contributed by atoms with Gasteiger partial charge in [0.2, 0.25) is 0 Å². The van der Waals surface area contributed by atoms with Gasteiger partial charge in [0.25, 0.3) is 0 Å². The maximum absolute atomic E-state index is 5.35. The van der Waals surface area contributed by atoms with Crippen LogP contribution in [0.25, 0.3) is 0 Å². The number of hydrogen-bond donors (Lipinski definition) is 0. The highest BCUT2D eigenvalue weighted by molar-refractivity contribution is 4.67. The van der Waals surface area contributed by atoms with Crippen LogP contribution in [0, 0.1) is 0 Å². The van der Waals surface area contributed by atoms with E-state index in [4.69, 9.17) is 4.74 Å².